The number of nitrogens with one attached hydrogen (secondary N) is 1. The Hall–Kier alpha value is -1.69. The Morgan fingerprint density at radius 1 is 1.38 bits per heavy atom. The second-order valence-corrected chi connectivity index (χ2v) is 5.58. The van der Waals surface area contributed by atoms with E-state index in [2.05, 4.69) is 20.0 Å². The molecule has 2 N–H and O–H groups in total. The molecule has 1 aliphatic rings. The van der Waals surface area contributed by atoms with Crippen LogP contribution in [0.15, 0.2) is 6.07 Å². The van der Waals surface area contributed by atoms with Crippen molar-refractivity contribution in [2.75, 3.05) is 25.6 Å². The summed E-state index contributed by atoms with van der Waals surface area (Å²) in [6.45, 7) is 2.81. The molecule has 1 fully saturated rings. The van der Waals surface area contributed by atoms with E-state index >= 15 is 0 Å². The molecule has 0 aromatic carbocycles. The average Bonchev–Trinajstić information content (AvgIpc) is 2.51. The van der Waals surface area contributed by atoms with Gasteiger partial charge in [-0.3, -0.25) is 0 Å². The summed E-state index contributed by atoms with van der Waals surface area (Å²) in [5.74, 6) is 0.968. The minimum absolute atomic E-state index is 0.0716. The van der Waals surface area contributed by atoms with E-state index in [-0.39, 0.29) is 12.4 Å². The number of hydrogen-bond donors (Lipinski definition) is 2. The highest BCUT2D eigenvalue weighted by Crippen LogP contribution is 2.29. The maximum Gasteiger partial charge on any atom is 0.376 e. The van der Waals surface area contributed by atoms with E-state index < -0.39 is 5.97 Å². The van der Waals surface area contributed by atoms with Crippen molar-refractivity contribution in [2.24, 2.45) is 11.8 Å². The van der Waals surface area contributed by atoms with Crippen LogP contribution in [0.2, 0.25) is 0 Å². The Morgan fingerprint density at radius 3 is 2.76 bits per heavy atom. The van der Waals surface area contributed by atoms with Gasteiger partial charge in [0.1, 0.15) is 5.82 Å². The van der Waals surface area contributed by atoms with Gasteiger partial charge in [-0.1, -0.05) is 12.8 Å². The molecule has 0 bridgehead atoms. The third kappa shape index (κ3) is 4.14. The number of aliphatic hydroxyl groups is 1. The fourth-order valence-corrected chi connectivity index (χ4v) is 2.87. The minimum Gasteiger partial charge on any atom is -0.463 e. The molecule has 0 amide bonds. The third-order valence-corrected chi connectivity index (χ3v) is 4.07. The molecule has 2 unspecified atom stereocenters. The van der Waals surface area contributed by atoms with Gasteiger partial charge in [-0.25, -0.2) is 14.8 Å². The topological polar surface area (TPSA) is 84.3 Å². The van der Waals surface area contributed by atoms with Crippen LogP contribution < -0.4 is 5.32 Å². The van der Waals surface area contributed by atoms with E-state index in [1.807, 2.05) is 13.0 Å². The molecule has 6 heteroatoms. The van der Waals surface area contributed by atoms with Gasteiger partial charge in [0.05, 0.1) is 7.11 Å². The first kappa shape index (κ1) is 15.7. The van der Waals surface area contributed by atoms with Gasteiger partial charge in [0.25, 0.3) is 0 Å². The molecular weight excluding hydrogens is 270 g/mol. The molecule has 2 atom stereocenters. The standard InChI is InChI=1S/C15H23N3O3/c1-10-7-13(18-14(17-10)15(20)21-2)16-8-11-5-3-4-6-12(11)9-19/h7,11-12,19H,3-6,8-9H2,1-2H3,(H,16,17,18). The quantitative estimate of drug-likeness (QED) is 0.805. The van der Waals surface area contributed by atoms with Crippen molar-refractivity contribution in [3.63, 3.8) is 0 Å². The van der Waals surface area contributed by atoms with Gasteiger partial charge in [0.15, 0.2) is 0 Å². The number of aliphatic hydroxyl groups excluding tert-OH is 1. The highest BCUT2D eigenvalue weighted by atomic mass is 16.5. The number of anilines is 1. The molecule has 1 saturated carbocycles. The summed E-state index contributed by atoms with van der Waals surface area (Å²) in [6, 6.07) is 1.81. The molecule has 21 heavy (non-hydrogen) atoms. The zero-order valence-electron chi connectivity index (χ0n) is 12.6. The molecule has 116 valence electrons. The van der Waals surface area contributed by atoms with E-state index in [1.165, 1.54) is 20.0 Å². The van der Waals surface area contributed by atoms with Gasteiger partial charge in [-0.2, -0.15) is 0 Å². The molecule has 1 heterocycles. The number of hydrogen-bond acceptors (Lipinski definition) is 6. The summed E-state index contributed by atoms with van der Waals surface area (Å²) in [4.78, 5) is 19.8. The number of ether oxygens (including phenoxy) is 1. The van der Waals surface area contributed by atoms with E-state index in [4.69, 9.17) is 0 Å². The van der Waals surface area contributed by atoms with Crippen LogP contribution >= 0.6 is 0 Å². The first-order valence-corrected chi connectivity index (χ1v) is 7.42. The lowest BCUT2D eigenvalue weighted by molar-refractivity contribution is 0.0586. The zero-order chi connectivity index (χ0) is 15.2. The summed E-state index contributed by atoms with van der Waals surface area (Å²) in [6.07, 6.45) is 4.60. The van der Waals surface area contributed by atoms with Gasteiger partial charge < -0.3 is 15.2 Å². The lowest BCUT2D eigenvalue weighted by atomic mass is 9.79. The second kappa shape index (κ2) is 7.36. The molecule has 0 aliphatic heterocycles. The van der Waals surface area contributed by atoms with Crippen LogP contribution in [0.3, 0.4) is 0 Å². The first-order valence-electron chi connectivity index (χ1n) is 7.42. The maximum absolute atomic E-state index is 11.5. The van der Waals surface area contributed by atoms with Gasteiger partial charge >= 0.3 is 5.97 Å². The molecule has 0 spiro atoms. The van der Waals surface area contributed by atoms with Gasteiger partial charge in [0.2, 0.25) is 5.82 Å². The van der Waals surface area contributed by atoms with Crippen molar-refractivity contribution in [2.45, 2.75) is 32.6 Å². The van der Waals surface area contributed by atoms with Gasteiger partial charge in [0, 0.05) is 24.9 Å². The number of aromatic nitrogens is 2. The lowest BCUT2D eigenvalue weighted by Crippen LogP contribution is -2.29. The van der Waals surface area contributed by atoms with Crippen LogP contribution in [0, 0.1) is 18.8 Å². The van der Waals surface area contributed by atoms with E-state index in [1.54, 1.807) is 0 Å². The molecule has 0 radical (unpaired) electrons. The highest BCUT2D eigenvalue weighted by Gasteiger charge is 2.24. The van der Waals surface area contributed by atoms with Gasteiger partial charge in [-0.05, 0) is 31.6 Å². The Morgan fingerprint density at radius 2 is 2.10 bits per heavy atom. The Bertz CT molecular complexity index is 493. The Labute approximate surface area is 124 Å². The summed E-state index contributed by atoms with van der Waals surface area (Å²) in [5, 5.41) is 12.7. The first-order chi connectivity index (χ1) is 10.1. The summed E-state index contributed by atoms with van der Waals surface area (Å²) in [7, 11) is 1.31. The number of aryl methyl sites for hydroxylation is 1. The van der Waals surface area contributed by atoms with E-state index in [9.17, 15) is 9.90 Å². The highest BCUT2D eigenvalue weighted by molar-refractivity contribution is 5.85. The summed E-state index contributed by atoms with van der Waals surface area (Å²) in [5.41, 5.74) is 0.718. The number of rotatable bonds is 5. The van der Waals surface area contributed by atoms with Crippen molar-refractivity contribution in [1.29, 1.82) is 0 Å². The van der Waals surface area contributed by atoms with Crippen molar-refractivity contribution in [3.05, 3.63) is 17.6 Å². The minimum atomic E-state index is -0.535. The number of methoxy groups -OCH3 is 1. The van der Waals surface area contributed by atoms with Gasteiger partial charge in [-0.15, -0.1) is 0 Å². The smallest absolute Gasteiger partial charge is 0.376 e. The normalized spacial score (nSPS) is 21.9. The number of carbonyl (C=O) groups is 1. The van der Waals surface area contributed by atoms with Crippen LogP contribution in [0.25, 0.3) is 0 Å². The maximum atomic E-state index is 11.5. The predicted molar refractivity (Wildman–Crippen MR) is 79.1 cm³/mol. The zero-order valence-corrected chi connectivity index (χ0v) is 12.6. The molecule has 0 saturated heterocycles. The summed E-state index contributed by atoms with van der Waals surface area (Å²) < 4.78 is 4.65. The fourth-order valence-electron chi connectivity index (χ4n) is 2.87. The average molecular weight is 293 g/mol. The van der Waals surface area contributed by atoms with Crippen molar-refractivity contribution in [1.82, 2.24) is 9.97 Å². The van der Waals surface area contributed by atoms with Crippen LogP contribution in [0.4, 0.5) is 5.82 Å². The predicted octanol–water partition coefficient (Wildman–Crippen LogP) is 1.78. The van der Waals surface area contributed by atoms with E-state index in [0.29, 0.717) is 17.7 Å². The number of carbonyl (C=O) groups excluding carboxylic acids is 1. The van der Waals surface area contributed by atoms with Crippen molar-refractivity contribution < 1.29 is 14.6 Å². The molecule has 2 rings (SSSR count). The number of esters is 1. The molecule has 1 aromatic rings. The van der Waals surface area contributed by atoms with Crippen LogP contribution in [-0.4, -0.2) is 41.3 Å². The monoisotopic (exact) mass is 293 g/mol. The van der Waals surface area contributed by atoms with Crippen LogP contribution in [0.1, 0.15) is 42.0 Å². The molecule has 6 nitrogen and oxygen atoms in total. The van der Waals surface area contributed by atoms with Crippen LogP contribution in [0.5, 0.6) is 0 Å². The fraction of sp³-hybridized carbons (Fsp3) is 0.667. The van der Waals surface area contributed by atoms with Crippen molar-refractivity contribution >= 4 is 11.8 Å². The Balaban J connectivity index is 2.02. The van der Waals surface area contributed by atoms with Crippen molar-refractivity contribution in [3.8, 4) is 0 Å². The molecule has 1 aliphatic carbocycles. The summed E-state index contributed by atoms with van der Waals surface area (Å²) >= 11 is 0. The largest absolute Gasteiger partial charge is 0.463 e. The third-order valence-electron chi connectivity index (χ3n) is 4.07. The van der Waals surface area contributed by atoms with E-state index in [0.717, 1.165) is 25.1 Å². The SMILES string of the molecule is COC(=O)c1nc(C)cc(NCC2CCCCC2CO)n1. The Kier molecular flexibility index (Phi) is 5.50. The lowest BCUT2D eigenvalue weighted by Gasteiger charge is -2.30. The molecular formula is C15H23N3O3. The van der Waals surface area contributed by atoms with Crippen LogP contribution in [-0.2, 0) is 4.74 Å². The molecule has 1 aromatic heterocycles. The number of nitrogens with zero attached hydrogens (tertiary/aromatic N) is 2. The second-order valence-electron chi connectivity index (χ2n) is 5.58.